The molecule has 2 aromatic rings. The lowest BCUT2D eigenvalue weighted by Crippen LogP contribution is -2.25. The quantitative estimate of drug-likeness (QED) is 0.889. The van der Waals surface area contributed by atoms with Gasteiger partial charge in [-0.3, -0.25) is 4.79 Å². The average molecular weight is 262 g/mol. The molecule has 2 heterocycles. The van der Waals surface area contributed by atoms with Gasteiger partial charge in [-0.25, -0.2) is 4.98 Å². The van der Waals surface area contributed by atoms with Gasteiger partial charge in [0.05, 0.1) is 12.2 Å². The molecule has 0 saturated heterocycles. The van der Waals surface area contributed by atoms with Crippen molar-refractivity contribution in [3.63, 3.8) is 0 Å². The number of nitrogens with one attached hydrogen (secondary N) is 1. The first-order valence-corrected chi connectivity index (χ1v) is 6.28. The third-order valence-electron chi connectivity index (χ3n) is 2.58. The Morgan fingerprint density at radius 1 is 1.47 bits per heavy atom. The zero-order chi connectivity index (χ0) is 13.8. The molecule has 0 unspecified atom stereocenters. The fourth-order valence-corrected chi connectivity index (χ4v) is 1.78. The Kier molecular flexibility index (Phi) is 3.99. The summed E-state index contributed by atoms with van der Waals surface area (Å²) >= 11 is 0. The number of anilines is 1. The van der Waals surface area contributed by atoms with Crippen LogP contribution in [0.15, 0.2) is 27.8 Å². The van der Waals surface area contributed by atoms with E-state index in [1.165, 1.54) is 0 Å². The fourth-order valence-electron chi connectivity index (χ4n) is 1.78. The molecule has 0 bridgehead atoms. The Morgan fingerprint density at radius 3 is 2.89 bits per heavy atom. The maximum Gasteiger partial charge on any atom is 0.293 e. The first-order valence-electron chi connectivity index (χ1n) is 6.28. The van der Waals surface area contributed by atoms with Crippen molar-refractivity contribution in [2.75, 3.05) is 5.32 Å². The first-order chi connectivity index (χ1) is 9.06. The van der Waals surface area contributed by atoms with E-state index in [9.17, 15) is 4.79 Å². The van der Waals surface area contributed by atoms with Crippen LogP contribution >= 0.6 is 0 Å². The predicted octanol–water partition coefficient (Wildman–Crippen LogP) is 1.81. The van der Waals surface area contributed by atoms with Crippen LogP contribution in [-0.4, -0.2) is 14.7 Å². The molecular formula is C13H18N4O2. The highest BCUT2D eigenvalue weighted by molar-refractivity contribution is 5.31. The number of hydrogen-bond acceptors (Lipinski definition) is 5. The molecule has 0 aliphatic rings. The maximum absolute atomic E-state index is 12.1. The summed E-state index contributed by atoms with van der Waals surface area (Å²) in [5.41, 5.74) is 0.697. The van der Waals surface area contributed by atoms with Crippen molar-refractivity contribution in [2.45, 2.75) is 33.9 Å². The minimum absolute atomic E-state index is 0.118. The molecule has 0 aliphatic heterocycles. The summed E-state index contributed by atoms with van der Waals surface area (Å²) in [5.74, 6) is 1.42. The van der Waals surface area contributed by atoms with Crippen molar-refractivity contribution in [2.24, 2.45) is 5.92 Å². The summed E-state index contributed by atoms with van der Waals surface area (Å²) in [4.78, 5) is 16.2. The third kappa shape index (κ3) is 3.43. The maximum atomic E-state index is 12.1. The van der Waals surface area contributed by atoms with Crippen LogP contribution in [0.3, 0.4) is 0 Å². The molecule has 0 radical (unpaired) electrons. The van der Waals surface area contributed by atoms with Crippen LogP contribution in [0.5, 0.6) is 0 Å². The topological polar surface area (TPSA) is 73.0 Å². The van der Waals surface area contributed by atoms with Gasteiger partial charge < -0.3 is 14.4 Å². The zero-order valence-electron chi connectivity index (χ0n) is 11.4. The molecule has 2 aromatic heterocycles. The van der Waals surface area contributed by atoms with Gasteiger partial charge in [-0.15, -0.1) is 0 Å². The van der Waals surface area contributed by atoms with Crippen molar-refractivity contribution in [3.8, 4) is 0 Å². The van der Waals surface area contributed by atoms with Crippen molar-refractivity contribution in [3.05, 3.63) is 40.3 Å². The van der Waals surface area contributed by atoms with Crippen LogP contribution in [0.1, 0.15) is 25.3 Å². The van der Waals surface area contributed by atoms with Crippen LogP contribution in [0.25, 0.3) is 0 Å². The van der Waals surface area contributed by atoms with Gasteiger partial charge in [0.15, 0.2) is 11.6 Å². The zero-order valence-corrected chi connectivity index (χ0v) is 11.4. The molecule has 1 N–H and O–H groups in total. The third-order valence-corrected chi connectivity index (χ3v) is 2.58. The van der Waals surface area contributed by atoms with Crippen LogP contribution in [0.2, 0.25) is 0 Å². The Balaban J connectivity index is 2.10. The molecule has 0 aromatic carbocycles. The Hall–Kier alpha value is -2.11. The van der Waals surface area contributed by atoms with E-state index in [0.717, 1.165) is 5.69 Å². The molecule has 0 spiro atoms. The number of hydrogen-bond donors (Lipinski definition) is 1. The Bertz CT molecular complexity index is 601. The summed E-state index contributed by atoms with van der Waals surface area (Å²) in [6.07, 6.45) is 3.32. The highest BCUT2D eigenvalue weighted by atomic mass is 16.5. The van der Waals surface area contributed by atoms with Crippen LogP contribution < -0.4 is 10.9 Å². The summed E-state index contributed by atoms with van der Waals surface area (Å²) in [5, 5.41) is 6.77. The molecule has 0 amide bonds. The molecule has 102 valence electrons. The van der Waals surface area contributed by atoms with Crippen LogP contribution in [0.4, 0.5) is 5.82 Å². The number of aryl methyl sites for hydroxylation is 1. The lowest BCUT2D eigenvalue weighted by atomic mass is 10.2. The molecule has 0 fully saturated rings. The van der Waals surface area contributed by atoms with Gasteiger partial charge in [-0.1, -0.05) is 19.0 Å². The summed E-state index contributed by atoms with van der Waals surface area (Å²) in [6.45, 7) is 7.06. The van der Waals surface area contributed by atoms with Gasteiger partial charge in [0.1, 0.15) is 0 Å². The number of rotatable bonds is 5. The average Bonchev–Trinajstić information content (AvgIpc) is 2.76. The van der Waals surface area contributed by atoms with E-state index in [-0.39, 0.29) is 5.56 Å². The molecule has 0 atom stereocenters. The standard InChI is InChI=1S/C13H18N4O2/c1-9(2)8-17-5-4-14-12(13(17)18)15-7-11-6-10(3)16-19-11/h4-6,9H,7-8H2,1-3H3,(H,14,15). The minimum Gasteiger partial charge on any atom is -0.359 e. The second kappa shape index (κ2) is 5.69. The molecule has 6 heteroatoms. The fraction of sp³-hybridized carbons (Fsp3) is 0.462. The van der Waals surface area contributed by atoms with Crippen molar-refractivity contribution in [1.29, 1.82) is 0 Å². The minimum atomic E-state index is -0.118. The van der Waals surface area contributed by atoms with E-state index in [1.54, 1.807) is 17.0 Å². The van der Waals surface area contributed by atoms with Gasteiger partial charge in [0.25, 0.3) is 5.56 Å². The molecule has 19 heavy (non-hydrogen) atoms. The smallest absolute Gasteiger partial charge is 0.293 e. The van der Waals surface area contributed by atoms with E-state index in [2.05, 4.69) is 29.3 Å². The lowest BCUT2D eigenvalue weighted by Gasteiger charge is -2.10. The number of nitrogens with zero attached hydrogens (tertiary/aromatic N) is 3. The SMILES string of the molecule is Cc1cc(CNc2nccn(CC(C)C)c2=O)on1. The lowest BCUT2D eigenvalue weighted by molar-refractivity contribution is 0.384. The van der Waals surface area contributed by atoms with Gasteiger partial charge in [0.2, 0.25) is 0 Å². The Morgan fingerprint density at radius 2 is 2.26 bits per heavy atom. The molecule has 6 nitrogen and oxygen atoms in total. The summed E-state index contributed by atoms with van der Waals surface area (Å²) in [6, 6.07) is 1.82. The van der Waals surface area contributed by atoms with E-state index >= 15 is 0 Å². The van der Waals surface area contributed by atoms with Gasteiger partial charge >= 0.3 is 0 Å². The normalized spacial score (nSPS) is 10.9. The Labute approximate surface area is 111 Å². The van der Waals surface area contributed by atoms with E-state index in [0.29, 0.717) is 30.6 Å². The summed E-state index contributed by atoms with van der Waals surface area (Å²) in [7, 11) is 0. The second-order valence-electron chi connectivity index (χ2n) is 4.92. The van der Waals surface area contributed by atoms with Crippen molar-refractivity contribution in [1.82, 2.24) is 14.7 Å². The monoisotopic (exact) mass is 262 g/mol. The highest BCUT2D eigenvalue weighted by Gasteiger charge is 2.07. The van der Waals surface area contributed by atoms with Gasteiger partial charge in [-0.05, 0) is 12.8 Å². The molecule has 2 rings (SSSR count). The molecule has 0 saturated carbocycles. The highest BCUT2D eigenvalue weighted by Crippen LogP contribution is 2.04. The van der Waals surface area contributed by atoms with Gasteiger partial charge in [-0.2, -0.15) is 0 Å². The predicted molar refractivity (Wildman–Crippen MR) is 71.9 cm³/mol. The van der Waals surface area contributed by atoms with Crippen molar-refractivity contribution < 1.29 is 4.52 Å². The van der Waals surface area contributed by atoms with E-state index in [4.69, 9.17) is 4.52 Å². The summed E-state index contributed by atoms with van der Waals surface area (Å²) < 4.78 is 6.73. The van der Waals surface area contributed by atoms with Crippen LogP contribution in [-0.2, 0) is 13.1 Å². The largest absolute Gasteiger partial charge is 0.359 e. The van der Waals surface area contributed by atoms with Crippen LogP contribution in [0, 0.1) is 12.8 Å². The van der Waals surface area contributed by atoms with Gasteiger partial charge in [0, 0.05) is 25.0 Å². The van der Waals surface area contributed by atoms with Crippen molar-refractivity contribution >= 4 is 5.82 Å². The van der Waals surface area contributed by atoms with E-state index in [1.807, 2.05) is 13.0 Å². The number of aromatic nitrogens is 3. The second-order valence-corrected chi connectivity index (χ2v) is 4.92. The molecular weight excluding hydrogens is 244 g/mol. The van der Waals surface area contributed by atoms with E-state index < -0.39 is 0 Å². The molecule has 0 aliphatic carbocycles. The first kappa shape index (κ1) is 13.3.